The summed E-state index contributed by atoms with van der Waals surface area (Å²) in [5, 5.41) is 0. The lowest BCUT2D eigenvalue weighted by Gasteiger charge is -2.17. The Labute approximate surface area is 87.8 Å². The molecule has 0 fully saturated rings. The Morgan fingerprint density at radius 1 is 1.23 bits per heavy atom. The van der Waals surface area contributed by atoms with Crippen LogP contribution in [0.3, 0.4) is 0 Å². The van der Waals surface area contributed by atoms with E-state index in [4.69, 9.17) is 0 Å². The standard InChI is InChI=1S/C12H13Br/c13-12-9-5-4-8-11(12)10-6-2-1-3-7-10/h2,4-6,8-10H,1,3,7H2. The molecule has 1 atom stereocenters. The largest absolute Gasteiger partial charge is 0.0879 e. The maximum atomic E-state index is 3.60. The van der Waals surface area contributed by atoms with Crippen LogP contribution >= 0.6 is 15.9 Å². The van der Waals surface area contributed by atoms with Crippen LogP contribution in [-0.2, 0) is 0 Å². The molecule has 0 heterocycles. The highest BCUT2D eigenvalue weighted by atomic mass is 79.9. The van der Waals surface area contributed by atoms with Crippen molar-refractivity contribution >= 4 is 15.9 Å². The molecule has 0 N–H and O–H groups in total. The molecule has 1 unspecified atom stereocenters. The van der Waals surface area contributed by atoms with E-state index in [0.29, 0.717) is 5.92 Å². The summed E-state index contributed by atoms with van der Waals surface area (Å²) in [6.45, 7) is 0. The number of hydrogen-bond donors (Lipinski definition) is 0. The van der Waals surface area contributed by atoms with Gasteiger partial charge in [-0.05, 0) is 30.9 Å². The highest BCUT2D eigenvalue weighted by Crippen LogP contribution is 2.32. The molecule has 0 radical (unpaired) electrons. The van der Waals surface area contributed by atoms with Crippen LogP contribution < -0.4 is 0 Å². The monoisotopic (exact) mass is 236 g/mol. The second-order valence-electron chi connectivity index (χ2n) is 3.49. The number of hydrogen-bond acceptors (Lipinski definition) is 0. The fourth-order valence-corrected chi connectivity index (χ4v) is 2.43. The van der Waals surface area contributed by atoms with Gasteiger partial charge in [0.05, 0.1) is 0 Å². The Kier molecular flexibility index (Phi) is 2.84. The zero-order chi connectivity index (χ0) is 9.10. The van der Waals surface area contributed by atoms with Crippen molar-refractivity contribution in [3.63, 3.8) is 0 Å². The van der Waals surface area contributed by atoms with Crippen molar-refractivity contribution in [3.05, 3.63) is 46.5 Å². The number of halogens is 1. The quantitative estimate of drug-likeness (QED) is 0.639. The summed E-state index contributed by atoms with van der Waals surface area (Å²) in [7, 11) is 0. The Morgan fingerprint density at radius 2 is 2.08 bits per heavy atom. The second-order valence-corrected chi connectivity index (χ2v) is 4.34. The van der Waals surface area contributed by atoms with E-state index in [1.54, 1.807) is 0 Å². The summed E-state index contributed by atoms with van der Waals surface area (Å²) in [5.74, 6) is 0.629. The fourth-order valence-electron chi connectivity index (χ4n) is 1.85. The molecule has 0 nitrogen and oxygen atoms in total. The van der Waals surface area contributed by atoms with Gasteiger partial charge in [-0.1, -0.05) is 46.3 Å². The smallest absolute Gasteiger partial charge is 0.0213 e. The maximum absolute atomic E-state index is 3.60. The average molecular weight is 237 g/mol. The molecule has 1 aromatic carbocycles. The lowest BCUT2D eigenvalue weighted by molar-refractivity contribution is 0.652. The number of benzene rings is 1. The van der Waals surface area contributed by atoms with E-state index in [0.717, 1.165) is 0 Å². The molecule has 0 saturated heterocycles. The molecule has 0 bridgehead atoms. The Morgan fingerprint density at radius 3 is 2.77 bits per heavy atom. The third-order valence-corrected chi connectivity index (χ3v) is 3.28. The maximum Gasteiger partial charge on any atom is 0.0213 e. The molecule has 0 aromatic heterocycles. The van der Waals surface area contributed by atoms with Gasteiger partial charge in [0.25, 0.3) is 0 Å². The van der Waals surface area contributed by atoms with E-state index in [9.17, 15) is 0 Å². The van der Waals surface area contributed by atoms with Gasteiger partial charge >= 0.3 is 0 Å². The molecule has 0 saturated carbocycles. The van der Waals surface area contributed by atoms with Gasteiger partial charge in [-0.25, -0.2) is 0 Å². The summed E-state index contributed by atoms with van der Waals surface area (Å²) >= 11 is 3.60. The van der Waals surface area contributed by atoms with Crippen LogP contribution in [0.1, 0.15) is 30.7 Å². The van der Waals surface area contributed by atoms with Gasteiger partial charge in [-0.3, -0.25) is 0 Å². The summed E-state index contributed by atoms with van der Waals surface area (Å²) in [6.07, 6.45) is 8.50. The predicted molar refractivity (Wildman–Crippen MR) is 59.9 cm³/mol. The van der Waals surface area contributed by atoms with E-state index in [1.807, 2.05) is 0 Å². The minimum atomic E-state index is 0.629. The predicted octanol–water partition coefficient (Wildman–Crippen LogP) is 4.27. The van der Waals surface area contributed by atoms with Crippen molar-refractivity contribution in [2.24, 2.45) is 0 Å². The number of rotatable bonds is 1. The van der Waals surface area contributed by atoms with Crippen molar-refractivity contribution in [3.8, 4) is 0 Å². The third kappa shape index (κ3) is 2.02. The summed E-state index contributed by atoms with van der Waals surface area (Å²) < 4.78 is 1.24. The first-order chi connectivity index (χ1) is 6.38. The molecular formula is C12H13Br. The normalized spacial score (nSPS) is 21.8. The molecular weight excluding hydrogens is 224 g/mol. The lowest BCUT2D eigenvalue weighted by atomic mass is 9.89. The van der Waals surface area contributed by atoms with Gasteiger partial charge < -0.3 is 0 Å². The van der Waals surface area contributed by atoms with E-state index in [1.165, 1.54) is 29.3 Å². The first-order valence-corrected chi connectivity index (χ1v) is 5.58. The zero-order valence-corrected chi connectivity index (χ0v) is 9.13. The van der Waals surface area contributed by atoms with Crippen molar-refractivity contribution in [1.82, 2.24) is 0 Å². The highest BCUT2D eigenvalue weighted by molar-refractivity contribution is 9.10. The van der Waals surface area contributed by atoms with Crippen molar-refractivity contribution in [2.45, 2.75) is 25.2 Å². The first-order valence-electron chi connectivity index (χ1n) is 4.79. The molecule has 0 amide bonds. The van der Waals surface area contributed by atoms with Crippen LogP contribution in [0.5, 0.6) is 0 Å². The zero-order valence-electron chi connectivity index (χ0n) is 7.54. The van der Waals surface area contributed by atoms with Crippen LogP contribution in [0, 0.1) is 0 Å². The fraction of sp³-hybridized carbons (Fsp3) is 0.333. The van der Waals surface area contributed by atoms with E-state index >= 15 is 0 Å². The van der Waals surface area contributed by atoms with Crippen LogP contribution in [0.15, 0.2) is 40.9 Å². The van der Waals surface area contributed by atoms with Gasteiger partial charge in [0.1, 0.15) is 0 Å². The van der Waals surface area contributed by atoms with Gasteiger partial charge in [-0.15, -0.1) is 0 Å². The SMILES string of the molecule is Brc1ccccc1C1C=CCCC1. The highest BCUT2D eigenvalue weighted by Gasteiger charge is 2.12. The number of allylic oxidation sites excluding steroid dienone is 2. The minimum Gasteiger partial charge on any atom is -0.0879 e. The van der Waals surface area contributed by atoms with Crippen molar-refractivity contribution < 1.29 is 0 Å². The lowest BCUT2D eigenvalue weighted by Crippen LogP contribution is -1.99. The molecule has 13 heavy (non-hydrogen) atoms. The molecule has 1 heteroatoms. The summed E-state index contributed by atoms with van der Waals surface area (Å²) in [4.78, 5) is 0. The van der Waals surface area contributed by atoms with E-state index < -0.39 is 0 Å². The first kappa shape index (κ1) is 9.01. The molecule has 0 spiro atoms. The van der Waals surface area contributed by atoms with Gasteiger partial charge in [0.15, 0.2) is 0 Å². The van der Waals surface area contributed by atoms with E-state index in [2.05, 4.69) is 52.3 Å². The molecule has 2 rings (SSSR count). The minimum absolute atomic E-state index is 0.629. The van der Waals surface area contributed by atoms with E-state index in [-0.39, 0.29) is 0 Å². The van der Waals surface area contributed by atoms with Crippen LogP contribution in [0.25, 0.3) is 0 Å². The topological polar surface area (TPSA) is 0 Å². The molecule has 68 valence electrons. The Hall–Kier alpha value is -0.560. The molecule has 1 aliphatic rings. The molecule has 1 aliphatic carbocycles. The van der Waals surface area contributed by atoms with Crippen molar-refractivity contribution in [1.29, 1.82) is 0 Å². The summed E-state index contributed by atoms with van der Waals surface area (Å²) in [6, 6.07) is 8.52. The van der Waals surface area contributed by atoms with Crippen LogP contribution in [-0.4, -0.2) is 0 Å². The average Bonchev–Trinajstić information content (AvgIpc) is 2.20. The van der Waals surface area contributed by atoms with Crippen LogP contribution in [0.4, 0.5) is 0 Å². The van der Waals surface area contributed by atoms with Gasteiger partial charge in [0, 0.05) is 10.4 Å². The third-order valence-electron chi connectivity index (χ3n) is 2.56. The van der Waals surface area contributed by atoms with Gasteiger partial charge in [-0.2, -0.15) is 0 Å². The van der Waals surface area contributed by atoms with Crippen molar-refractivity contribution in [2.75, 3.05) is 0 Å². The molecule has 1 aromatic rings. The second kappa shape index (κ2) is 4.10. The molecule has 0 aliphatic heterocycles. The van der Waals surface area contributed by atoms with Gasteiger partial charge in [0.2, 0.25) is 0 Å². The van der Waals surface area contributed by atoms with Crippen LogP contribution in [0.2, 0.25) is 0 Å². The summed E-state index contributed by atoms with van der Waals surface area (Å²) in [5.41, 5.74) is 1.43. The Balaban J connectivity index is 2.29. The Bertz CT molecular complexity index is 315.